The Hall–Kier alpha value is -3.09. The third-order valence-electron chi connectivity index (χ3n) is 3.09. The minimum atomic E-state index is -4.83. The summed E-state index contributed by atoms with van der Waals surface area (Å²) in [6.07, 6.45) is -5.93. The number of fused-ring (bicyclic) bond motifs is 1. The van der Waals surface area contributed by atoms with Crippen LogP contribution in [0.2, 0.25) is 0 Å². The number of amides is 1. The molecule has 24 heavy (non-hydrogen) atoms. The molecular weight excluding hydrogens is 334 g/mol. The Bertz CT molecular complexity index is 846. The first-order valence-electron chi connectivity index (χ1n) is 6.31. The molecule has 1 heterocycles. The molecule has 0 radical (unpaired) electrons. The molecule has 10 heteroatoms. The van der Waals surface area contributed by atoms with Crippen molar-refractivity contribution in [1.82, 2.24) is 4.98 Å². The molecule has 0 bridgehead atoms. The van der Waals surface area contributed by atoms with E-state index in [2.05, 4.69) is 4.98 Å². The first kappa shape index (κ1) is 17.3. The monoisotopic (exact) mass is 343 g/mol. The molecule has 0 fully saturated rings. The van der Waals surface area contributed by atoms with E-state index in [4.69, 9.17) is 9.84 Å². The van der Waals surface area contributed by atoms with Crippen molar-refractivity contribution in [3.05, 3.63) is 29.7 Å². The third-order valence-corrected chi connectivity index (χ3v) is 3.09. The van der Waals surface area contributed by atoms with E-state index < -0.39 is 35.9 Å². The molecule has 1 amide bonds. The van der Waals surface area contributed by atoms with Crippen molar-refractivity contribution in [3.63, 3.8) is 0 Å². The zero-order valence-corrected chi connectivity index (χ0v) is 12.1. The number of aromatic nitrogens is 1. The maximum absolute atomic E-state index is 13.8. The molecule has 0 aliphatic heterocycles. The second kappa shape index (κ2) is 6.19. The molecule has 1 aromatic heterocycles. The van der Waals surface area contributed by atoms with Gasteiger partial charge in [0.15, 0.2) is 11.6 Å². The minimum absolute atomic E-state index is 0.0624. The molecule has 126 valence electrons. The van der Waals surface area contributed by atoms with Gasteiger partial charge < -0.3 is 9.84 Å². The number of methoxy groups -OCH3 is 1. The number of anilines is 1. The number of hydrogen-bond donors (Lipinski definition) is 1. The highest BCUT2D eigenvalue weighted by Gasteiger charge is 2.35. The Balaban J connectivity index is 2.70. The number of nitriles is 1. The van der Waals surface area contributed by atoms with E-state index in [1.54, 1.807) is 6.07 Å². The van der Waals surface area contributed by atoms with Crippen LogP contribution in [-0.2, 0) is 0 Å². The Morgan fingerprint density at radius 2 is 2.12 bits per heavy atom. The van der Waals surface area contributed by atoms with Crippen LogP contribution < -0.4 is 9.64 Å². The highest BCUT2D eigenvalue weighted by atomic mass is 19.4. The Kier molecular flexibility index (Phi) is 4.45. The molecule has 2 rings (SSSR count). The van der Waals surface area contributed by atoms with Crippen LogP contribution in [0.25, 0.3) is 10.9 Å². The van der Waals surface area contributed by atoms with Gasteiger partial charge in [-0.15, -0.1) is 0 Å². The molecule has 6 nitrogen and oxygen atoms in total. The van der Waals surface area contributed by atoms with E-state index in [-0.39, 0.29) is 21.6 Å². The lowest BCUT2D eigenvalue weighted by molar-refractivity contribution is -0.119. The van der Waals surface area contributed by atoms with Crippen molar-refractivity contribution >= 4 is 22.7 Å². The second-order valence-electron chi connectivity index (χ2n) is 4.62. The lowest BCUT2D eigenvalue weighted by atomic mass is 10.1. The van der Waals surface area contributed by atoms with Crippen LogP contribution in [0.3, 0.4) is 0 Å². The van der Waals surface area contributed by atoms with Gasteiger partial charge in [0.2, 0.25) is 0 Å². The van der Waals surface area contributed by atoms with Crippen molar-refractivity contribution in [1.29, 1.82) is 5.26 Å². The minimum Gasteiger partial charge on any atom is -0.494 e. The summed E-state index contributed by atoms with van der Waals surface area (Å²) in [4.78, 5) is 14.9. The van der Waals surface area contributed by atoms with Gasteiger partial charge in [0.05, 0.1) is 30.1 Å². The molecule has 0 aliphatic carbocycles. The van der Waals surface area contributed by atoms with E-state index in [9.17, 15) is 27.6 Å². The van der Waals surface area contributed by atoms with Gasteiger partial charge in [0.1, 0.15) is 12.6 Å². The van der Waals surface area contributed by atoms with Gasteiger partial charge in [-0.1, -0.05) is 0 Å². The predicted octanol–water partition coefficient (Wildman–Crippen LogP) is 3.30. The fourth-order valence-corrected chi connectivity index (χ4v) is 2.10. The molecule has 1 aromatic carbocycles. The van der Waals surface area contributed by atoms with E-state index >= 15 is 0 Å². The van der Waals surface area contributed by atoms with Crippen LogP contribution in [0.15, 0.2) is 18.3 Å². The summed E-state index contributed by atoms with van der Waals surface area (Å²) in [5.74, 6) is -1.03. The Labute approximate surface area is 132 Å². The first-order valence-corrected chi connectivity index (χ1v) is 6.31. The summed E-state index contributed by atoms with van der Waals surface area (Å²) in [7, 11) is 1.21. The normalized spacial score (nSPS) is 11.2. The quantitative estimate of drug-likeness (QED) is 0.864. The van der Waals surface area contributed by atoms with E-state index in [0.29, 0.717) is 0 Å². The molecule has 0 spiro atoms. The van der Waals surface area contributed by atoms with Crippen molar-refractivity contribution in [2.24, 2.45) is 0 Å². The Morgan fingerprint density at radius 1 is 1.46 bits per heavy atom. The predicted molar refractivity (Wildman–Crippen MR) is 74.4 cm³/mol. The Morgan fingerprint density at radius 3 is 2.62 bits per heavy atom. The van der Waals surface area contributed by atoms with Gasteiger partial charge in [0, 0.05) is 11.5 Å². The largest absolute Gasteiger partial charge is 0.494 e. The average molecular weight is 343 g/mol. The van der Waals surface area contributed by atoms with Gasteiger partial charge >= 0.3 is 12.3 Å². The fraction of sp³-hybridized carbons (Fsp3) is 0.214. The number of rotatable bonds is 3. The summed E-state index contributed by atoms with van der Waals surface area (Å²) in [5, 5.41) is 18.1. The maximum atomic E-state index is 13.8. The maximum Gasteiger partial charge on any atom is 0.412 e. The third kappa shape index (κ3) is 3.29. The highest BCUT2D eigenvalue weighted by molar-refractivity contribution is 5.96. The number of halogens is 4. The lowest BCUT2D eigenvalue weighted by Crippen LogP contribution is -2.38. The highest BCUT2D eigenvalue weighted by Crippen LogP contribution is 2.32. The van der Waals surface area contributed by atoms with Crippen LogP contribution in [-0.4, -0.2) is 36.0 Å². The zero-order chi connectivity index (χ0) is 18.1. The first-order chi connectivity index (χ1) is 11.2. The van der Waals surface area contributed by atoms with Crippen LogP contribution in [0, 0.1) is 17.1 Å². The zero-order valence-electron chi connectivity index (χ0n) is 12.1. The summed E-state index contributed by atoms with van der Waals surface area (Å²) >= 11 is 0. The SMILES string of the molecule is COc1cc2ncc(N(CC(F)(F)F)C(=O)O)c(C#N)c2cc1F. The second-order valence-corrected chi connectivity index (χ2v) is 4.62. The molecule has 0 atom stereocenters. The van der Waals surface area contributed by atoms with Gasteiger partial charge in [-0.05, 0) is 6.07 Å². The number of ether oxygens (including phenoxy) is 1. The molecule has 0 saturated carbocycles. The summed E-state index contributed by atoms with van der Waals surface area (Å²) in [6, 6.07) is 3.62. The number of hydrogen-bond acceptors (Lipinski definition) is 4. The molecule has 1 N–H and O–H groups in total. The van der Waals surface area contributed by atoms with Gasteiger partial charge in [0.25, 0.3) is 0 Å². The molecular formula is C14H9F4N3O3. The van der Waals surface area contributed by atoms with Gasteiger partial charge in [-0.2, -0.15) is 18.4 Å². The van der Waals surface area contributed by atoms with Crippen molar-refractivity contribution < 1.29 is 32.2 Å². The number of carboxylic acid groups (broad SMARTS) is 1. The topological polar surface area (TPSA) is 86.4 Å². The number of benzene rings is 1. The summed E-state index contributed by atoms with van der Waals surface area (Å²) < 4.78 is 56.3. The number of carbonyl (C=O) groups is 1. The van der Waals surface area contributed by atoms with Crippen LogP contribution in [0.1, 0.15) is 5.56 Å². The smallest absolute Gasteiger partial charge is 0.412 e. The summed E-state index contributed by atoms with van der Waals surface area (Å²) in [6.45, 7) is -1.83. The van der Waals surface area contributed by atoms with Crippen LogP contribution in [0.4, 0.5) is 28.0 Å². The van der Waals surface area contributed by atoms with E-state index in [0.717, 1.165) is 18.3 Å². The van der Waals surface area contributed by atoms with Crippen LogP contribution in [0.5, 0.6) is 5.75 Å². The van der Waals surface area contributed by atoms with Gasteiger partial charge in [-0.3, -0.25) is 9.88 Å². The molecule has 0 saturated heterocycles. The molecule has 0 unspecified atom stereocenters. The van der Waals surface area contributed by atoms with E-state index in [1.165, 1.54) is 7.11 Å². The number of nitrogens with zero attached hydrogens (tertiary/aromatic N) is 3. The summed E-state index contributed by atoms with van der Waals surface area (Å²) in [5.41, 5.74) is -0.946. The van der Waals surface area contributed by atoms with Crippen molar-refractivity contribution in [2.45, 2.75) is 6.18 Å². The van der Waals surface area contributed by atoms with Crippen molar-refractivity contribution in [3.8, 4) is 11.8 Å². The standard InChI is InChI=1S/C14H9F4N3O3/c1-24-12-3-10-7(2-9(12)15)8(4-19)11(5-20-10)21(13(22)23)6-14(16,17)18/h2-3,5H,6H2,1H3,(H,22,23). The lowest BCUT2D eigenvalue weighted by Gasteiger charge is -2.22. The van der Waals surface area contributed by atoms with Crippen molar-refractivity contribution in [2.75, 3.05) is 18.6 Å². The van der Waals surface area contributed by atoms with Crippen LogP contribution >= 0.6 is 0 Å². The fourth-order valence-electron chi connectivity index (χ4n) is 2.10. The molecule has 0 aliphatic rings. The average Bonchev–Trinajstić information content (AvgIpc) is 2.49. The number of alkyl halides is 3. The molecule has 2 aromatic rings. The van der Waals surface area contributed by atoms with Gasteiger partial charge in [-0.25, -0.2) is 9.18 Å². The number of pyridine rings is 1. The van der Waals surface area contributed by atoms with E-state index in [1.807, 2.05) is 0 Å².